The van der Waals surface area contributed by atoms with Crippen LogP contribution in [-0.4, -0.2) is 103 Å². The first-order valence-corrected chi connectivity index (χ1v) is 6.97. The van der Waals surface area contributed by atoms with Crippen LogP contribution in [0.2, 0.25) is 0 Å². The third-order valence-corrected chi connectivity index (χ3v) is 2.76. The number of nitrogens with zero attached hydrogens (tertiary/aromatic N) is 3. The lowest BCUT2D eigenvalue weighted by Gasteiger charge is -2.28. The standard InChI is InChI=1S/C6H14N2.C5H13NO.C3H8O/c1-7-3-5-8(2)6-4-7;1-6(2)4-5-7-3;1-3-4-2/h3-6H2,1-2H3;4-5H2,1-3H3;3H2,1-2H3. The van der Waals surface area contributed by atoms with E-state index in [1.807, 2.05) is 21.0 Å². The molecule has 5 nitrogen and oxygen atoms in total. The molecule has 1 fully saturated rings. The van der Waals surface area contributed by atoms with Crippen LogP contribution in [0.5, 0.6) is 0 Å². The Balaban J connectivity index is 0. The molecule has 0 unspecified atom stereocenters. The minimum atomic E-state index is 0.819. The van der Waals surface area contributed by atoms with Gasteiger partial charge in [0.15, 0.2) is 0 Å². The predicted molar refractivity (Wildman–Crippen MR) is 83.0 cm³/mol. The maximum atomic E-state index is 4.81. The van der Waals surface area contributed by atoms with Gasteiger partial charge in [-0.05, 0) is 35.1 Å². The highest BCUT2D eigenvalue weighted by Crippen LogP contribution is 1.93. The molecule has 0 atom stereocenters. The van der Waals surface area contributed by atoms with Crippen molar-refractivity contribution in [2.24, 2.45) is 0 Å². The molecule has 1 aliphatic heterocycles. The zero-order chi connectivity index (χ0) is 15.1. The van der Waals surface area contributed by atoms with Crippen LogP contribution in [0.4, 0.5) is 0 Å². The first kappa shape index (κ1) is 21.1. The quantitative estimate of drug-likeness (QED) is 0.755. The van der Waals surface area contributed by atoms with Crippen molar-refractivity contribution in [2.75, 3.05) is 88.3 Å². The molecule has 0 aromatic carbocycles. The molecule has 0 amide bonds. The Morgan fingerprint density at radius 2 is 1.26 bits per heavy atom. The third-order valence-electron chi connectivity index (χ3n) is 2.76. The number of hydrogen-bond acceptors (Lipinski definition) is 5. The zero-order valence-corrected chi connectivity index (χ0v) is 14.1. The number of likely N-dealkylation sites (N-methyl/N-ethyl adjacent to an activating group) is 3. The SMILES string of the molecule is CCOC.CN1CCN(C)CC1.COCCN(C)C. The molecule has 0 aromatic rings. The van der Waals surface area contributed by atoms with Crippen LogP contribution in [-0.2, 0) is 9.47 Å². The van der Waals surface area contributed by atoms with E-state index in [9.17, 15) is 0 Å². The molecule has 118 valence electrons. The first-order chi connectivity index (χ1) is 8.97. The second-order valence-electron chi connectivity index (χ2n) is 4.98. The van der Waals surface area contributed by atoms with E-state index in [4.69, 9.17) is 4.74 Å². The average molecular weight is 277 g/mol. The Labute approximate surface area is 120 Å². The van der Waals surface area contributed by atoms with Crippen molar-refractivity contribution in [3.8, 4) is 0 Å². The van der Waals surface area contributed by atoms with E-state index >= 15 is 0 Å². The number of methoxy groups -OCH3 is 2. The fourth-order valence-corrected chi connectivity index (χ4v) is 1.18. The van der Waals surface area contributed by atoms with Gasteiger partial charge in [0, 0.05) is 53.6 Å². The van der Waals surface area contributed by atoms with Gasteiger partial charge in [-0.3, -0.25) is 0 Å². The van der Waals surface area contributed by atoms with Gasteiger partial charge in [-0.25, -0.2) is 0 Å². The number of hydrogen-bond donors (Lipinski definition) is 0. The maximum absolute atomic E-state index is 4.81. The van der Waals surface area contributed by atoms with E-state index < -0.39 is 0 Å². The Hall–Kier alpha value is -0.200. The molecule has 19 heavy (non-hydrogen) atoms. The Morgan fingerprint density at radius 1 is 0.895 bits per heavy atom. The molecule has 0 saturated carbocycles. The van der Waals surface area contributed by atoms with E-state index in [0.717, 1.165) is 19.8 Å². The molecule has 1 rings (SSSR count). The van der Waals surface area contributed by atoms with Crippen molar-refractivity contribution in [3.05, 3.63) is 0 Å². The van der Waals surface area contributed by atoms with Gasteiger partial charge in [0.2, 0.25) is 0 Å². The van der Waals surface area contributed by atoms with E-state index in [1.165, 1.54) is 26.2 Å². The number of piperazine rings is 1. The highest BCUT2D eigenvalue weighted by Gasteiger charge is 2.07. The Kier molecular flexibility index (Phi) is 17.6. The monoisotopic (exact) mass is 277 g/mol. The van der Waals surface area contributed by atoms with Gasteiger partial charge in [0.25, 0.3) is 0 Å². The highest BCUT2D eigenvalue weighted by molar-refractivity contribution is 4.64. The lowest BCUT2D eigenvalue weighted by molar-refractivity contribution is 0.172. The molecule has 0 radical (unpaired) electrons. The summed E-state index contributed by atoms with van der Waals surface area (Å²) in [5.74, 6) is 0. The second kappa shape index (κ2) is 15.9. The van der Waals surface area contributed by atoms with E-state index in [-0.39, 0.29) is 0 Å². The smallest absolute Gasteiger partial charge is 0.0589 e. The van der Waals surface area contributed by atoms with Gasteiger partial charge in [-0.15, -0.1) is 0 Å². The average Bonchev–Trinajstić information content (AvgIpc) is 2.40. The van der Waals surface area contributed by atoms with E-state index in [1.54, 1.807) is 14.2 Å². The minimum Gasteiger partial charge on any atom is -0.385 e. The molecule has 0 N–H and O–H groups in total. The molecular formula is C14H35N3O2. The second-order valence-corrected chi connectivity index (χ2v) is 4.98. The Bertz CT molecular complexity index is 149. The van der Waals surface area contributed by atoms with Crippen molar-refractivity contribution in [1.29, 1.82) is 0 Å². The van der Waals surface area contributed by atoms with Crippen molar-refractivity contribution in [1.82, 2.24) is 14.7 Å². The molecule has 0 aliphatic carbocycles. The largest absolute Gasteiger partial charge is 0.385 e. The summed E-state index contributed by atoms with van der Waals surface area (Å²) in [6, 6.07) is 0. The summed E-state index contributed by atoms with van der Waals surface area (Å²) < 4.78 is 9.35. The lowest BCUT2D eigenvalue weighted by Crippen LogP contribution is -2.42. The summed E-state index contributed by atoms with van der Waals surface area (Å²) in [6.45, 7) is 9.55. The van der Waals surface area contributed by atoms with Crippen molar-refractivity contribution >= 4 is 0 Å². The van der Waals surface area contributed by atoms with Crippen LogP contribution in [0.1, 0.15) is 6.92 Å². The minimum absolute atomic E-state index is 0.819. The van der Waals surface area contributed by atoms with Crippen LogP contribution in [0.15, 0.2) is 0 Å². The zero-order valence-electron chi connectivity index (χ0n) is 14.1. The van der Waals surface area contributed by atoms with Crippen LogP contribution in [0, 0.1) is 0 Å². The van der Waals surface area contributed by atoms with Crippen molar-refractivity contribution in [3.63, 3.8) is 0 Å². The molecule has 1 aliphatic rings. The first-order valence-electron chi connectivity index (χ1n) is 6.97. The predicted octanol–water partition coefficient (Wildman–Crippen LogP) is 0.711. The molecule has 1 saturated heterocycles. The lowest BCUT2D eigenvalue weighted by atomic mass is 10.4. The molecular weight excluding hydrogens is 242 g/mol. The summed E-state index contributed by atoms with van der Waals surface area (Å²) >= 11 is 0. The fourth-order valence-electron chi connectivity index (χ4n) is 1.18. The third kappa shape index (κ3) is 20.3. The van der Waals surface area contributed by atoms with Gasteiger partial charge in [-0.1, -0.05) is 0 Å². The fraction of sp³-hybridized carbons (Fsp3) is 1.00. The summed E-state index contributed by atoms with van der Waals surface area (Å²) in [5, 5.41) is 0. The van der Waals surface area contributed by atoms with Crippen molar-refractivity contribution < 1.29 is 9.47 Å². The van der Waals surface area contributed by atoms with Gasteiger partial charge in [0.05, 0.1) is 6.61 Å². The van der Waals surface area contributed by atoms with Gasteiger partial charge < -0.3 is 24.2 Å². The van der Waals surface area contributed by atoms with Gasteiger partial charge in [-0.2, -0.15) is 0 Å². The summed E-state index contributed by atoms with van der Waals surface area (Å²) in [5.41, 5.74) is 0. The van der Waals surface area contributed by atoms with Crippen LogP contribution in [0.3, 0.4) is 0 Å². The summed E-state index contributed by atoms with van der Waals surface area (Å²) in [6.07, 6.45) is 0. The normalized spacial score (nSPS) is 16.4. The van der Waals surface area contributed by atoms with Crippen LogP contribution >= 0.6 is 0 Å². The Morgan fingerprint density at radius 3 is 1.42 bits per heavy atom. The summed E-state index contributed by atoms with van der Waals surface area (Å²) in [4.78, 5) is 6.81. The molecule has 1 heterocycles. The summed E-state index contributed by atoms with van der Waals surface area (Å²) in [7, 11) is 11.8. The molecule has 0 spiro atoms. The van der Waals surface area contributed by atoms with Crippen molar-refractivity contribution in [2.45, 2.75) is 6.92 Å². The van der Waals surface area contributed by atoms with E-state index in [2.05, 4.69) is 33.5 Å². The molecule has 5 heteroatoms. The highest BCUT2D eigenvalue weighted by atomic mass is 16.5. The van der Waals surface area contributed by atoms with E-state index in [0.29, 0.717) is 0 Å². The maximum Gasteiger partial charge on any atom is 0.0589 e. The van der Waals surface area contributed by atoms with Crippen LogP contribution in [0.25, 0.3) is 0 Å². The van der Waals surface area contributed by atoms with Gasteiger partial charge >= 0.3 is 0 Å². The topological polar surface area (TPSA) is 28.2 Å². The van der Waals surface area contributed by atoms with Crippen LogP contribution < -0.4 is 0 Å². The number of ether oxygens (including phenoxy) is 2. The number of rotatable bonds is 4. The molecule has 0 bridgehead atoms. The molecule has 0 aromatic heterocycles. The van der Waals surface area contributed by atoms with Gasteiger partial charge in [0.1, 0.15) is 0 Å².